The zero-order valence-corrected chi connectivity index (χ0v) is 12.5. The van der Waals surface area contributed by atoms with Crippen molar-refractivity contribution in [3.63, 3.8) is 0 Å². The van der Waals surface area contributed by atoms with E-state index < -0.39 is 5.41 Å². The molecule has 1 aromatic carbocycles. The van der Waals surface area contributed by atoms with E-state index in [-0.39, 0.29) is 11.8 Å². The first-order valence-corrected chi connectivity index (χ1v) is 7.84. The smallest absolute Gasteiger partial charge is 0.240 e. The van der Waals surface area contributed by atoms with Crippen molar-refractivity contribution >= 4 is 17.5 Å². The lowest BCUT2D eigenvalue weighted by atomic mass is 9.84. The first kappa shape index (κ1) is 14.3. The molecule has 1 saturated carbocycles. The number of imide groups is 1. The predicted molar refractivity (Wildman–Crippen MR) is 81.8 cm³/mol. The summed E-state index contributed by atoms with van der Waals surface area (Å²) < 4.78 is 0. The van der Waals surface area contributed by atoms with Gasteiger partial charge in [-0.2, -0.15) is 0 Å². The summed E-state index contributed by atoms with van der Waals surface area (Å²) in [6.45, 7) is 3.58. The summed E-state index contributed by atoms with van der Waals surface area (Å²) in [6.07, 6.45) is 4.24. The Labute approximate surface area is 125 Å². The average molecular weight is 286 g/mol. The highest BCUT2D eigenvalue weighted by atomic mass is 16.2. The van der Waals surface area contributed by atoms with Crippen LogP contribution in [0.15, 0.2) is 24.3 Å². The van der Waals surface area contributed by atoms with Gasteiger partial charge in [-0.05, 0) is 31.0 Å². The van der Waals surface area contributed by atoms with Crippen LogP contribution < -0.4 is 10.2 Å². The summed E-state index contributed by atoms with van der Waals surface area (Å²) in [4.78, 5) is 26.8. The predicted octanol–water partition coefficient (Wildman–Crippen LogP) is 2.62. The van der Waals surface area contributed by atoms with Crippen molar-refractivity contribution in [3.8, 4) is 0 Å². The van der Waals surface area contributed by atoms with Crippen molar-refractivity contribution in [2.24, 2.45) is 5.41 Å². The van der Waals surface area contributed by atoms with Crippen LogP contribution in [0.1, 0.15) is 44.6 Å². The van der Waals surface area contributed by atoms with Gasteiger partial charge >= 0.3 is 0 Å². The summed E-state index contributed by atoms with van der Waals surface area (Å²) in [5.41, 5.74) is 1.37. The zero-order valence-electron chi connectivity index (χ0n) is 12.5. The van der Waals surface area contributed by atoms with Crippen molar-refractivity contribution in [2.45, 2.75) is 45.6 Å². The van der Waals surface area contributed by atoms with Gasteiger partial charge < -0.3 is 5.32 Å². The van der Waals surface area contributed by atoms with E-state index in [9.17, 15) is 9.59 Å². The van der Waals surface area contributed by atoms with Gasteiger partial charge in [-0.25, -0.2) is 4.90 Å². The summed E-state index contributed by atoms with van der Waals surface area (Å²) in [7, 11) is 0. The Morgan fingerprint density at radius 2 is 1.90 bits per heavy atom. The third kappa shape index (κ3) is 2.38. The lowest BCUT2D eigenvalue weighted by Gasteiger charge is -2.22. The van der Waals surface area contributed by atoms with Crippen molar-refractivity contribution in [1.82, 2.24) is 5.32 Å². The Morgan fingerprint density at radius 3 is 2.62 bits per heavy atom. The van der Waals surface area contributed by atoms with Crippen LogP contribution in [-0.2, 0) is 16.1 Å². The molecule has 1 aliphatic carbocycles. The fraction of sp³-hybridized carbons (Fsp3) is 0.529. The number of rotatable bonds is 4. The third-order valence-corrected chi connectivity index (χ3v) is 4.75. The molecule has 0 radical (unpaired) electrons. The van der Waals surface area contributed by atoms with Crippen LogP contribution >= 0.6 is 0 Å². The van der Waals surface area contributed by atoms with Gasteiger partial charge in [-0.1, -0.05) is 38.0 Å². The van der Waals surface area contributed by atoms with Gasteiger partial charge in [0.2, 0.25) is 11.8 Å². The molecule has 3 rings (SSSR count). The van der Waals surface area contributed by atoms with Gasteiger partial charge in [-0.3, -0.25) is 9.59 Å². The summed E-state index contributed by atoms with van der Waals surface area (Å²) in [6, 6.07) is 7.71. The Hall–Kier alpha value is -1.68. The monoisotopic (exact) mass is 286 g/mol. The Kier molecular flexibility index (Phi) is 3.81. The van der Waals surface area contributed by atoms with Gasteiger partial charge in [0, 0.05) is 13.0 Å². The molecule has 1 heterocycles. The van der Waals surface area contributed by atoms with E-state index in [2.05, 4.69) is 5.32 Å². The summed E-state index contributed by atoms with van der Waals surface area (Å²) >= 11 is 0. The minimum absolute atomic E-state index is 0.0222. The van der Waals surface area contributed by atoms with Crippen LogP contribution in [0.5, 0.6) is 0 Å². The molecule has 112 valence electrons. The lowest BCUT2D eigenvalue weighted by molar-refractivity contribution is -0.125. The van der Waals surface area contributed by atoms with E-state index in [1.165, 1.54) is 4.90 Å². The second kappa shape index (κ2) is 5.60. The normalized spacial score (nSPS) is 20.7. The van der Waals surface area contributed by atoms with Gasteiger partial charge in [0.1, 0.15) is 0 Å². The van der Waals surface area contributed by atoms with Crippen molar-refractivity contribution in [2.75, 3.05) is 11.4 Å². The molecule has 1 N–H and O–H groups in total. The highest BCUT2D eigenvalue weighted by molar-refractivity contribution is 6.23. The molecule has 0 atom stereocenters. The molecule has 2 fully saturated rings. The molecule has 1 spiro atoms. The number of carbonyl (C=O) groups is 2. The highest BCUT2D eigenvalue weighted by Crippen LogP contribution is 2.48. The minimum Gasteiger partial charge on any atom is -0.313 e. The standard InChI is InChI=1S/C17H22N2O2/c1-2-18-12-13-7-3-4-8-14(13)19-15(20)11-17(16(19)21)9-5-6-10-17/h3-4,7-8,18H,2,5-6,9-12H2,1H3. The van der Waals surface area contributed by atoms with Gasteiger partial charge in [0.05, 0.1) is 11.1 Å². The van der Waals surface area contributed by atoms with Crippen LogP contribution in [0.3, 0.4) is 0 Å². The van der Waals surface area contributed by atoms with E-state index in [4.69, 9.17) is 0 Å². The zero-order chi connectivity index (χ0) is 14.9. The molecule has 1 saturated heterocycles. The lowest BCUT2D eigenvalue weighted by Crippen LogP contribution is -2.35. The van der Waals surface area contributed by atoms with E-state index in [1.54, 1.807) is 0 Å². The fourth-order valence-corrected chi connectivity index (χ4v) is 3.62. The number of nitrogens with zero attached hydrogens (tertiary/aromatic N) is 1. The maximum Gasteiger partial charge on any atom is 0.240 e. The van der Waals surface area contributed by atoms with Gasteiger partial charge in [0.15, 0.2) is 0 Å². The number of amides is 2. The molecule has 2 aliphatic rings. The highest BCUT2D eigenvalue weighted by Gasteiger charge is 2.53. The fourth-order valence-electron chi connectivity index (χ4n) is 3.62. The molecule has 4 heteroatoms. The Balaban J connectivity index is 1.93. The molecule has 4 nitrogen and oxygen atoms in total. The third-order valence-electron chi connectivity index (χ3n) is 4.75. The quantitative estimate of drug-likeness (QED) is 0.866. The molecule has 2 amide bonds. The second-order valence-electron chi connectivity index (χ2n) is 6.11. The molecule has 1 aliphatic heterocycles. The van der Waals surface area contributed by atoms with Crippen LogP contribution in [-0.4, -0.2) is 18.4 Å². The number of nitrogens with one attached hydrogen (secondary N) is 1. The number of benzene rings is 1. The molecule has 21 heavy (non-hydrogen) atoms. The molecule has 0 aromatic heterocycles. The summed E-state index contributed by atoms with van der Waals surface area (Å²) in [5.74, 6) is -0.0141. The van der Waals surface area contributed by atoms with E-state index in [0.29, 0.717) is 13.0 Å². The van der Waals surface area contributed by atoms with Crippen LogP contribution in [0, 0.1) is 5.41 Å². The Morgan fingerprint density at radius 1 is 1.19 bits per heavy atom. The van der Waals surface area contributed by atoms with Crippen LogP contribution in [0.25, 0.3) is 0 Å². The molecule has 1 aromatic rings. The second-order valence-corrected chi connectivity index (χ2v) is 6.11. The first-order valence-electron chi connectivity index (χ1n) is 7.84. The van der Waals surface area contributed by atoms with Gasteiger partial charge in [0.25, 0.3) is 0 Å². The topological polar surface area (TPSA) is 49.4 Å². The SMILES string of the molecule is CCNCc1ccccc1N1C(=O)CC2(CCCC2)C1=O. The maximum atomic E-state index is 12.9. The molecular formula is C17H22N2O2. The molecule has 0 bridgehead atoms. The number of carbonyl (C=O) groups excluding carboxylic acids is 2. The van der Waals surface area contributed by atoms with Crippen molar-refractivity contribution < 1.29 is 9.59 Å². The number of hydrogen-bond donors (Lipinski definition) is 1. The Bertz CT molecular complexity index is 562. The van der Waals surface area contributed by atoms with E-state index >= 15 is 0 Å². The van der Waals surface area contributed by atoms with Crippen LogP contribution in [0.2, 0.25) is 0 Å². The average Bonchev–Trinajstić information content (AvgIpc) is 3.04. The number of hydrogen-bond acceptors (Lipinski definition) is 3. The van der Waals surface area contributed by atoms with E-state index in [1.807, 2.05) is 31.2 Å². The number of anilines is 1. The van der Waals surface area contributed by atoms with E-state index in [0.717, 1.165) is 43.5 Å². The largest absolute Gasteiger partial charge is 0.313 e. The first-order chi connectivity index (χ1) is 10.2. The molecular weight excluding hydrogens is 264 g/mol. The summed E-state index contributed by atoms with van der Waals surface area (Å²) in [5, 5.41) is 3.27. The minimum atomic E-state index is -0.400. The van der Waals surface area contributed by atoms with Gasteiger partial charge in [-0.15, -0.1) is 0 Å². The van der Waals surface area contributed by atoms with Crippen molar-refractivity contribution in [1.29, 1.82) is 0 Å². The van der Waals surface area contributed by atoms with Crippen LogP contribution in [0.4, 0.5) is 5.69 Å². The maximum absolute atomic E-state index is 12.9. The van der Waals surface area contributed by atoms with Crippen molar-refractivity contribution in [3.05, 3.63) is 29.8 Å². The number of para-hydroxylation sites is 1. The molecule has 0 unspecified atom stereocenters.